The van der Waals surface area contributed by atoms with Crippen LogP contribution < -0.4 is 0 Å². The van der Waals surface area contributed by atoms with Crippen LogP contribution in [0.2, 0.25) is 0 Å². The third kappa shape index (κ3) is 4.53. The molecule has 0 aromatic heterocycles. The third-order valence-electron chi connectivity index (χ3n) is 7.53. The first kappa shape index (κ1) is 21.2. The lowest BCUT2D eigenvalue weighted by molar-refractivity contribution is 0.416. The molecule has 2 aromatic carbocycles. The Bertz CT molecular complexity index is 801. The van der Waals surface area contributed by atoms with Crippen molar-refractivity contribution in [1.82, 2.24) is 0 Å². The molecule has 0 amide bonds. The van der Waals surface area contributed by atoms with Crippen molar-refractivity contribution in [1.29, 1.82) is 0 Å². The average molecular weight is 377 g/mol. The van der Waals surface area contributed by atoms with E-state index in [1.165, 1.54) is 79.2 Å². The second kappa shape index (κ2) is 9.29. The van der Waals surface area contributed by atoms with E-state index in [9.17, 15) is 0 Å². The van der Waals surface area contributed by atoms with E-state index in [1.54, 1.807) is 16.7 Å². The highest BCUT2D eigenvalue weighted by Gasteiger charge is 2.23. The summed E-state index contributed by atoms with van der Waals surface area (Å²) in [6, 6.07) is 9.08. The van der Waals surface area contributed by atoms with Gasteiger partial charge in [0.25, 0.3) is 0 Å². The zero-order chi connectivity index (χ0) is 20.3. The van der Waals surface area contributed by atoms with Gasteiger partial charge in [0.05, 0.1) is 0 Å². The molecule has 0 nitrogen and oxygen atoms in total. The van der Waals surface area contributed by atoms with Crippen LogP contribution in [0.1, 0.15) is 108 Å². The molecular weight excluding hydrogens is 336 g/mol. The lowest BCUT2D eigenvalue weighted by Gasteiger charge is -2.29. The predicted molar refractivity (Wildman–Crippen MR) is 124 cm³/mol. The molecular formula is C28H40. The molecule has 2 aromatic rings. The van der Waals surface area contributed by atoms with Crippen molar-refractivity contribution >= 4 is 0 Å². The van der Waals surface area contributed by atoms with Crippen LogP contribution in [0.3, 0.4) is 0 Å². The zero-order valence-electron chi connectivity index (χ0n) is 19.1. The van der Waals surface area contributed by atoms with E-state index in [2.05, 4.69) is 65.8 Å². The van der Waals surface area contributed by atoms with Crippen molar-refractivity contribution < 1.29 is 0 Å². The molecule has 4 rings (SSSR count). The van der Waals surface area contributed by atoms with Gasteiger partial charge >= 0.3 is 0 Å². The fourth-order valence-corrected chi connectivity index (χ4v) is 5.29. The minimum atomic E-state index is 0.846. The first-order valence-corrected chi connectivity index (χ1v) is 11.5. The first-order valence-electron chi connectivity index (χ1n) is 11.5. The van der Waals surface area contributed by atoms with E-state index in [1.807, 2.05) is 0 Å². The van der Waals surface area contributed by atoms with Crippen LogP contribution >= 0.6 is 0 Å². The van der Waals surface area contributed by atoms with Crippen molar-refractivity contribution in [2.24, 2.45) is 0 Å². The normalized spacial score (nSPS) is 17.6. The molecule has 0 saturated heterocycles. The highest BCUT2D eigenvalue weighted by atomic mass is 14.3. The number of aryl methyl sites for hydroxylation is 4. The van der Waals surface area contributed by atoms with Crippen molar-refractivity contribution in [2.45, 2.75) is 105 Å². The zero-order valence-corrected chi connectivity index (χ0v) is 19.1. The molecule has 0 aliphatic heterocycles. The highest BCUT2D eigenvalue weighted by Crippen LogP contribution is 2.40. The summed E-state index contributed by atoms with van der Waals surface area (Å²) in [7, 11) is 0. The second-order valence-corrected chi connectivity index (χ2v) is 9.44. The van der Waals surface area contributed by atoms with Gasteiger partial charge in [0.15, 0.2) is 0 Å². The number of hydrogen-bond donors (Lipinski definition) is 0. The summed E-state index contributed by atoms with van der Waals surface area (Å²) in [5, 5.41) is 0. The Hall–Kier alpha value is -1.56. The molecule has 2 saturated carbocycles. The van der Waals surface area contributed by atoms with Crippen LogP contribution in [0.5, 0.6) is 0 Å². The van der Waals surface area contributed by atoms with Crippen LogP contribution in [0, 0.1) is 41.5 Å². The van der Waals surface area contributed by atoms with E-state index < -0.39 is 0 Å². The Morgan fingerprint density at radius 1 is 0.464 bits per heavy atom. The van der Waals surface area contributed by atoms with Gasteiger partial charge in [-0.25, -0.2) is 0 Å². The maximum atomic E-state index is 2.30. The fraction of sp³-hybridized carbons (Fsp3) is 0.571. The third-order valence-corrected chi connectivity index (χ3v) is 7.53. The molecule has 0 N–H and O–H groups in total. The maximum Gasteiger partial charge on any atom is -0.0157 e. The van der Waals surface area contributed by atoms with Crippen molar-refractivity contribution in [3.63, 3.8) is 0 Å². The maximum absolute atomic E-state index is 2.30. The monoisotopic (exact) mass is 376 g/mol. The second-order valence-electron chi connectivity index (χ2n) is 9.44. The van der Waals surface area contributed by atoms with Gasteiger partial charge in [0.1, 0.15) is 0 Å². The molecule has 0 spiro atoms. The summed E-state index contributed by atoms with van der Waals surface area (Å²) in [6.07, 6.45) is 11.4. The molecule has 0 heterocycles. The van der Waals surface area contributed by atoms with Gasteiger partial charge in [-0.3, -0.25) is 0 Å². The summed E-state index contributed by atoms with van der Waals surface area (Å²) >= 11 is 0. The van der Waals surface area contributed by atoms with E-state index in [4.69, 9.17) is 0 Å². The van der Waals surface area contributed by atoms with Crippen molar-refractivity contribution in [3.8, 4) is 0 Å². The largest absolute Gasteiger partial charge is 0.0588 e. The Kier molecular flexibility index (Phi) is 7.02. The van der Waals surface area contributed by atoms with E-state index >= 15 is 0 Å². The van der Waals surface area contributed by atoms with Gasteiger partial charge in [-0.15, -0.1) is 0 Å². The van der Waals surface area contributed by atoms with E-state index in [0.29, 0.717) is 0 Å². The molecule has 2 aliphatic rings. The van der Waals surface area contributed by atoms with Crippen LogP contribution in [0.4, 0.5) is 0 Å². The molecule has 0 atom stereocenters. The van der Waals surface area contributed by atoms with Gasteiger partial charge in [-0.1, -0.05) is 49.9 Å². The van der Waals surface area contributed by atoms with Gasteiger partial charge in [-0.05, 0) is 124 Å². The summed E-state index contributed by atoms with van der Waals surface area (Å²) in [5.74, 6) is 1.72. The Balaban J connectivity index is 0.000000162. The van der Waals surface area contributed by atoms with Crippen LogP contribution in [-0.4, -0.2) is 0 Å². The highest BCUT2D eigenvalue weighted by molar-refractivity contribution is 5.42. The topological polar surface area (TPSA) is 0 Å². The standard InChI is InChI=1S/C15H22.C13H18/c1-11-9-10-12(2)15(13(11)3)14-7-5-4-6-8-14;1-9-7-8-10(2)13(11(9)3)12-5-4-6-12/h9-10,14H,4-8H2,1-3H3;7-8,12H,4-6H2,1-3H3. The molecule has 2 aliphatic carbocycles. The van der Waals surface area contributed by atoms with E-state index in [-0.39, 0.29) is 0 Å². The molecule has 0 unspecified atom stereocenters. The van der Waals surface area contributed by atoms with Gasteiger partial charge in [0, 0.05) is 0 Å². The summed E-state index contributed by atoms with van der Waals surface area (Å²) in [5.41, 5.74) is 12.3. The molecule has 28 heavy (non-hydrogen) atoms. The quantitative estimate of drug-likeness (QED) is 0.492. The van der Waals surface area contributed by atoms with Crippen LogP contribution in [0.25, 0.3) is 0 Å². The van der Waals surface area contributed by atoms with Crippen LogP contribution in [-0.2, 0) is 0 Å². The van der Waals surface area contributed by atoms with Crippen molar-refractivity contribution in [3.05, 3.63) is 68.8 Å². The number of hydrogen-bond acceptors (Lipinski definition) is 0. The summed E-state index contributed by atoms with van der Waals surface area (Å²) in [4.78, 5) is 0. The van der Waals surface area contributed by atoms with E-state index in [0.717, 1.165) is 11.8 Å². The first-order chi connectivity index (χ1) is 13.4. The molecule has 2 fully saturated rings. The van der Waals surface area contributed by atoms with Crippen molar-refractivity contribution in [2.75, 3.05) is 0 Å². The lowest BCUT2D eigenvalue weighted by Crippen LogP contribution is -2.12. The Morgan fingerprint density at radius 2 is 0.821 bits per heavy atom. The Labute approximate surface area is 173 Å². The molecule has 152 valence electrons. The van der Waals surface area contributed by atoms with Crippen LogP contribution in [0.15, 0.2) is 24.3 Å². The Morgan fingerprint density at radius 3 is 1.18 bits per heavy atom. The van der Waals surface area contributed by atoms with Gasteiger partial charge in [-0.2, -0.15) is 0 Å². The molecule has 0 heteroatoms. The smallest absolute Gasteiger partial charge is 0.0157 e. The van der Waals surface area contributed by atoms with Gasteiger partial charge in [0.2, 0.25) is 0 Å². The fourth-order valence-electron chi connectivity index (χ4n) is 5.29. The lowest BCUT2D eigenvalue weighted by atomic mass is 9.76. The minimum absolute atomic E-state index is 0.846. The summed E-state index contributed by atoms with van der Waals surface area (Å²) < 4.78 is 0. The van der Waals surface area contributed by atoms with Gasteiger partial charge < -0.3 is 0 Å². The average Bonchev–Trinajstić information content (AvgIpc) is 2.65. The number of benzene rings is 2. The molecule has 0 bridgehead atoms. The number of rotatable bonds is 2. The predicted octanol–water partition coefficient (Wildman–Crippen LogP) is 8.54. The SMILES string of the molecule is Cc1ccc(C)c(C2CCC2)c1C.Cc1ccc(C)c(C2CCCCC2)c1C. The summed E-state index contributed by atoms with van der Waals surface area (Å²) in [6.45, 7) is 13.6. The molecule has 0 radical (unpaired) electrons. The minimum Gasteiger partial charge on any atom is -0.0588 e.